The van der Waals surface area contributed by atoms with Gasteiger partial charge in [0.05, 0.1) is 0 Å². The maximum Gasteiger partial charge on any atom is 0.460 e. The van der Waals surface area contributed by atoms with E-state index in [9.17, 15) is 39.5 Å². The zero-order valence-electron chi connectivity index (χ0n) is 10.7. The number of rotatable bonds is 5. The van der Waals surface area contributed by atoms with Crippen molar-refractivity contribution in [3.63, 3.8) is 0 Å². The van der Waals surface area contributed by atoms with Crippen LogP contribution in [0, 0.1) is 0 Å². The first-order valence-electron chi connectivity index (χ1n) is 5.68. The first kappa shape index (κ1) is 18.4. The number of benzene rings is 1. The smallest absolute Gasteiger partial charge is 0.199 e. The molecule has 0 radical (unpaired) electrons. The first-order chi connectivity index (χ1) is 9.78. The zero-order chi connectivity index (χ0) is 17.4. The first-order valence-corrected chi connectivity index (χ1v) is 5.68. The van der Waals surface area contributed by atoms with E-state index in [1.165, 1.54) is 12.1 Å². The van der Waals surface area contributed by atoms with Crippen LogP contribution in [0.15, 0.2) is 30.8 Å². The van der Waals surface area contributed by atoms with Crippen LogP contribution in [0.1, 0.15) is 11.1 Å². The third kappa shape index (κ3) is 2.93. The monoisotopic (exact) mass is 336 g/mol. The lowest BCUT2D eigenvalue weighted by atomic mass is 9.94. The number of halogens is 9. The third-order valence-corrected chi connectivity index (χ3v) is 2.90. The summed E-state index contributed by atoms with van der Waals surface area (Å²) in [6, 6.07) is 4.57. The van der Waals surface area contributed by atoms with Crippen molar-refractivity contribution >= 4 is 6.08 Å². The summed E-state index contributed by atoms with van der Waals surface area (Å²) in [7, 11) is 0. The maximum absolute atomic E-state index is 13.5. The van der Waals surface area contributed by atoms with Gasteiger partial charge in [0, 0.05) is 6.42 Å². The van der Waals surface area contributed by atoms with Gasteiger partial charge in [0.15, 0.2) is 0 Å². The molecule has 1 aromatic carbocycles. The van der Waals surface area contributed by atoms with E-state index >= 15 is 0 Å². The lowest BCUT2D eigenvalue weighted by Gasteiger charge is -2.33. The fourth-order valence-corrected chi connectivity index (χ4v) is 1.65. The van der Waals surface area contributed by atoms with Gasteiger partial charge < -0.3 is 0 Å². The van der Waals surface area contributed by atoms with E-state index in [4.69, 9.17) is 0 Å². The number of hydrogen-bond acceptors (Lipinski definition) is 0. The summed E-state index contributed by atoms with van der Waals surface area (Å²) in [4.78, 5) is 0. The average Bonchev–Trinajstić information content (AvgIpc) is 2.37. The molecular formula is C13H9F9. The minimum atomic E-state index is -6.87. The Morgan fingerprint density at radius 3 is 1.77 bits per heavy atom. The van der Waals surface area contributed by atoms with Crippen molar-refractivity contribution < 1.29 is 39.5 Å². The molecule has 0 unspecified atom stereocenters. The molecule has 0 saturated heterocycles. The summed E-state index contributed by atoms with van der Waals surface area (Å²) >= 11 is 0. The summed E-state index contributed by atoms with van der Waals surface area (Å²) in [6.45, 7) is 3.21. The number of alkyl halides is 9. The van der Waals surface area contributed by atoms with Crippen LogP contribution >= 0.6 is 0 Å². The lowest BCUT2D eigenvalue weighted by molar-refractivity contribution is -0.395. The van der Waals surface area contributed by atoms with E-state index in [0.717, 1.165) is 18.2 Å². The lowest BCUT2D eigenvalue weighted by Crippen LogP contribution is -2.61. The molecule has 0 amide bonds. The molecule has 1 aromatic rings. The van der Waals surface area contributed by atoms with Crippen LogP contribution in [0.3, 0.4) is 0 Å². The van der Waals surface area contributed by atoms with Gasteiger partial charge in [0.2, 0.25) is 0 Å². The molecule has 124 valence electrons. The van der Waals surface area contributed by atoms with Gasteiger partial charge in [-0.3, -0.25) is 0 Å². The molecule has 0 aliphatic rings. The second-order valence-electron chi connectivity index (χ2n) is 4.43. The van der Waals surface area contributed by atoms with Crippen molar-refractivity contribution in [1.29, 1.82) is 0 Å². The molecule has 9 heteroatoms. The van der Waals surface area contributed by atoms with Crippen LogP contribution in [0.2, 0.25) is 0 Å². The van der Waals surface area contributed by atoms with Crippen molar-refractivity contribution in [2.24, 2.45) is 0 Å². The second-order valence-corrected chi connectivity index (χ2v) is 4.43. The Kier molecular flexibility index (Phi) is 4.60. The van der Waals surface area contributed by atoms with E-state index in [-0.39, 0.29) is 5.56 Å². The van der Waals surface area contributed by atoms with E-state index in [1.807, 2.05) is 0 Å². The summed E-state index contributed by atoms with van der Waals surface area (Å²) in [5, 5.41) is 0. The van der Waals surface area contributed by atoms with Crippen LogP contribution in [-0.4, -0.2) is 23.9 Å². The van der Waals surface area contributed by atoms with E-state index in [2.05, 4.69) is 6.58 Å². The standard InChI is InChI=1S/C13H9F9/c1-2-8-5-3-4-6-9(8)7-10(14,15)11(16,17)12(18,19)13(20,21)22/h2-6H,1,7H2. The van der Waals surface area contributed by atoms with Crippen LogP contribution in [-0.2, 0) is 6.42 Å². The van der Waals surface area contributed by atoms with Gasteiger partial charge in [-0.1, -0.05) is 36.9 Å². The van der Waals surface area contributed by atoms with Crippen molar-refractivity contribution in [3.05, 3.63) is 42.0 Å². The van der Waals surface area contributed by atoms with Crippen molar-refractivity contribution in [2.45, 2.75) is 30.4 Å². The predicted molar refractivity (Wildman–Crippen MR) is 61.1 cm³/mol. The molecule has 0 fully saturated rings. The molecule has 0 saturated carbocycles. The van der Waals surface area contributed by atoms with Gasteiger partial charge in [-0.2, -0.15) is 39.5 Å². The van der Waals surface area contributed by atoms with Crippen molar-refractivity contribution in [3.8, 4) is 0 Å². The predicted octanol–water partition coefficient (Wildman–Crippen LogP) is 5.34. The Balaban J connectivity index is 3.25. The normalized spacial score (nSPS) is 14.0. The summed E-state index contributed by atoms with van der Waals surface area (Å²) in [5.41, 5.74) is -0.603. The van der Waals surface area contributed by atoms with Gasteiger partial charge in [-0.15, -0.1) is 0 Å². The van der Waals surface area contributed by atoms with Crippen molar-refractivity contribution in [1.82, 2.24) is 0 Å². The van der Waals surface area contributed by atoms with E-state index in [0.29, 0.717) is 0 Å². The largest absolute Gasteiger partial charge is 0.460 e. The quantitative estimate of drug-likeness (QED) is 0.637. The Hall–Kier alpha value is -1.67. The minimum Gasteiger partial charge on any atom is -0.199 e. The fourth-order valence-electron chi connectivity index (χ4n) is 1.65. The van der Waals surface area contributed by atoms with Crippen LogP contribution in [0.4, 0.5) is 39.5 Å². The average molecular weight is 336 g/mol. The molecule has 0 bridgehead atoms. The fraction of sp³-hybridized carbons (Fsp3) is 0.385. The highest BCUT2D eigenvalue weighted by molar-refractivity contribution is 5.52. The molecule has 0 aromatic heterocycles. The van der Waals surface area contributed by atoms with Gasteiger partial charge >= 0.3 is 23.9 Å². The number of hydrogen-bond donors (Lipinski definition) is 0. The summed E-state index contributed by atoms with van der Waals surface area (Å²) < 4.78 is 115. The highest BCUT2D eigenvalue weighted by atomic mass is 19.4. The molecule has 0 aliphatic heterocycles. The topological polar surface area (TPSA) is 0 Å². The SMILES string of the molecule is C=Cc1ccccc1CC(F)(F)C(F)(F)C(F)(F)C(F)(F)F. The molecule has 0 heterocycles. The van der Waals surface area contributed by atoms with Gasteiger partial charge in [0.25, 0.3) is 0 Å². The maximum atomic E-state index is 13.5. The zero-order valence-corrected chi connectivity index (χ0v) is 10.7. The third-order valence-electron chi connectivity index (χ3n) is 2.90. The molecule has 0 N–H and O–H groups in total. The minimum absolute atomic E-state index is 0.0756. The van der Waals surface area contributed by atoms with E-state index < -0.39 is 35.9 Å². The van der Waals surface area contributed by atoms with Crippen LogP contribution in [0.25, 0.3) is 6.08 Å². The molecular weight excluding hydrogens is 327 g/mol. The Bertz CT molecular complexity index is 543. The molecule has 0 nitrogen and oxygen atoms in total. The molecule has 1 rings (SSSR count). The second kappa shape index (κ2) is 5.51. The van der Waals surface area contributed by atoms with Gasteiger partial charge in [0.1, 0.15) is 0 Å². The highest BCUT2D eigenvalue weighted by Gasteiger charge is 2.81. The summed E-state index contributed by atoms with van der Waals surface area (Å²) in [5.74, 6) is -19.1. The van der Waals surface area contributed by atoms with Crippen LogP contribution in [0.5, 0.6) is 0 Å². The summed E-state index contributed by atoms with van der Waals surface area (Å²) in [6.07, 6.45) is -7.81. The van der Waals surface area contributed by atoms with Gasteiger partial charge in [-0.05, 0) is 11.1 Å². The van der Waals surface area contributed by atoms with Crippen molar-refractivity contribution in [2.75, 3.05) is 0 Å². The molecule has 0 atom stereocenters. The van der Waals surface area contributed by atoms with Crippen LogP contribution < -0.4 is 0 Å². The Morgan fingerprint density at radius 1 is 0.818 bits per heavy atom. The molecule has 22 heavy (non-hydrogen) atoms. The molecule has 0 spiro atoms. The molecule has 0 aliphatic carbocycles. The van der Waals surface area contributed by atoms with Gasteiger partial charge in [-0.25, -0.2) is 0 Å². The Labute approximate surface area is 119 Å². The Morgan fingerprint density at radius 2 is 1.32 bits per heavy atom. The van der Waals surface area contributed by atoms with E-state index in [1.54, 1.807) is 0 Å². The highest BCUT2D eigenvalue weighted by Crippen LogP contribution is 2.53.